The Labute approximate surface area is 118 Å². The van der Waals surface area contributed by atoms with Crippen LogP contribution in [-0.4, -0.2) is 12.6 Å². The zero-order valence-electron chi connectivity index (χ0n) is 11.4. The van der Waals surface area contributed by atoms with Gasteiger partial charge in [-0.05, 0) is 24.1 Å². The van der Waals surface area contributed by atoms with Crippen LogP contribution in [0.3, 0.4) is 0 Å². The molecule has 0 aliphatic carbocycles. The number of carbonyl (C=O) groups excluding carboxylic acids is 1. The van der Waals surface area contributed by atoms with E-state index in [2.05, 4.69) is 5.32 Å². The van der Waals surface area contributed by atoms with E-state index in [9.17, 15) is 4.79 Å². The van der Waals surface area contributed by atoms with Crippen LogP contribution in [0.2, 0.25) is 0 Å². The molecule has 0 spiro atoms. The normalized spacial score (nSPS) is 20.1. The Morgan fingerprint density at radius 2 is 1.85 bits per heavy atom. The zero-order valence-corrected chi connectivity index (χ0v) is 11.4. The number of esters is 1. The fourth-order valence-corrected chi connectivity index (χ4v) is 2.75. The van der Waals surface area contributed by atoms with Crippen molar-refractivity contribution >= 4 is 11.7 Å². The van der Waals surface area contributed by atoms with Gasteiger partial charge in [-0.15, -0.1) is 0 Å². The standard InChI is InChI=1S/C17H17NO2/c1-2-20-16(19)17(14-9-4-3-5-10-14)12-13-8-6-7-11-15(13)18-17/h3-11,18H,2,12H2,1H3. The minimum Gasteiger partial charge on any atom is -0.464 e. The lowest BCUT2D eigenvalue weighted by Gasteiger charge is -2.28. The van der Waals surface area contributed by atoms with Crippen LogP contribution < -0.4 is 5.32 Å². The van der Waals surface area contributed by atoms with Crippen molar-refractivity contribution in [1.29, 1.82) is 0 Å². The van der Waals surface area contributed by atoms with Gasteiger partial charge in [-0.1, -0.05) is 48.5 Å². The minimum absolute atomic E-state index is 0.220. The SMILES string of the molecule is CCOC(=O)C1(c2ccccc2)Cc2ccccc2N1. The van der Waals surface area contributed by atoms with Crippen LogP contribution in [0.15, 0.2) is 54.6 Å². The molecule has 0 radical (unpaired) electrons. The van der Waals surface area contributed by atoms with Crippen molar-refractivity contribution in [2.45, 2.75) is 18.9 Å². The molecule has 3 nitrogen and oxygen atoms in total. The van der Waals surface area contributed by atoms with Gasteiger partial charge in [0, 0.05) is 12.1 Å². The summed E-state index contributed by atoms with van der Waals surface area (Å²) < 4.78 is 5.31. The number of rotatable bonds is 3. The molecule has 0 bridgehead atoms. The summed E-state index contributed by atoms with van der Waals surface area (Å²) in [7, 11) is 0. The second-order valence-corrected chi connectivity index (χ2v) is 4.95. The smallest absolute Gasteiger partial charge is 0.336 e. The van der Waals surface area contributed by atoms with Crippen molar-refractivity contribution in [3.63, 3.8) is 0 Å². The van der Waals surface area contributed by atoms with Gasteiger partial charge in [0.05, 0.1) is 6.61 Å². The van der Waals surface area contributed by atoms with E-state index in [0.29, 0.717) is 13.0 Å². The number of fused-ring (bicyclic) bond motifs is 1. The van der Waals surface area contributed by atoms with E-state index in [-0.39, 0.29) is 5.97 Å². The number of nitrogens with one attached hydrogen (secondary N) is 1. The third-order valence-electron chi connectivity index (χ3n) is 3.71. The van der Waals surface area contributed by atoms with E-state index in [4.69, 9.17) is 4.74 Å². The molecule has 1 N–H and O–H groups in total. The highest BCUT2D eigenvalue weighted by Crippen LogP contribution is 2.40. The quantitative estimate of drug-likeness (QED) is 0.868. The molecule has 1 aliphatic heterocycles. The molecule has 102 valence electrons. The van der Waals surface area contributed by atoms with Crippen molar-refractivity contribution in [3.05, 3.63) is 65.7 Å². The molecule has 1 unspecified atom stereocenters. The van der Waals surface area contributed by atoms with Gasteiger partial charge < -0.3 is 10.1 Å². The minimum atomic E-state index is -0.805. The largest absolute Gasteiger partial charge is 0.464 e. The molecular weight excluding hydrogens is 250 g/mol. The molecule has 3 heteroatoms. The Bertz CT molecular complexity index is 597. The maximum atomic E-state index is 12.6. The highest BCUT2D eigenvalue weighted by Gasteiger charge is 2.46. The number of benzene rings is 2. The summed E-state index contributed by atoms with van der Waals surface area (Å²) in [5.41, 5.74) is 2.28. The Hall–Kier alpha value is -2.29. The van der Waals surface area contributed by atoms with E-state index in [0.717, 1.165) is 16.8 Å². The van der Waals surface area contributed by atoms with Crippen LogP contribution in [0.25, 0.3) is 0 Å². The average Bonchev–Trinajstić information content (AvgIpc) is 2.89. The highest BCUT2D eigenvalue weighted by atomic mass is 16.5. The molecule has 0 aromatic heterocycles. The van der Waals surface area contributed by atoms with E-state index < -0.39 is 5.54 Å². The first-order chi connectivity index (χ1) is 9.76. The summed E-state index contributed by atoms with van der Waals surface area (Å²) in [5, 5.41) is 3.37. The maximum absolute atomic E-state index is 12.6. The molecule has 1 heterocycles. The molecule has 3 rings (SSSR count). The van der Waals surface area contributed by atoms with Crippen LogP contribution in [-0.2, 0) is 21.5 Å². The van der Waals surface area contributed by atoms with Crippen molar-refractivity contribution < 1.29 is 9.53 Å². The summed E-state index contributed by atoms with van der Waals surface area (Å²) in [4.78, 5) is 12.6. The molecule has 1 aliphatic rings. The second-order valence-electron chi connectivity index (χ2n) is 4.95. The van der Waals surface area contributed by atoms with Gasteiger partial charge in [0.1, 0.15) is 0 Å². The summed E-state index contributed by atoms with van der Waals surface area (Å²) in [6, 6.07) is 17.8. The van der Waals surface area contributed by atoms with Crippen LogP contribution in [0.4, 0.5) is 5.69 Å². The fourth-order valence-electron chi connectivity index (χ4n) is 2.75. The predicted octanol–water partition coefficient (Wildman–Crippen LogP) is 3.11. The predicted molar refractivity (Wildman–Crippen MR) is 78.5 cm³/mol. The summed E-state index contributed by atoms with van der Waals surface area (Å²) in [6.45, 7) is 2.21. The summed E-state index contributed by atoms with van der Waals surface area (Å²) in [6.07, 6.45) is 0.617. The van der Waals surface area contributed by atoms with Crippen molar-refractivity contribution in [2.75, 3.05) is 11.9 Å². The lowest BCUT2D eigenvalue weighted by atomic mass is 9.87. The molecule has 20 heavy (non-hydrogen) atoms. The van der Waals surface area contributed by atoms with Crippen molar-refractivity contribution in [2.24, 2.45) is 0 Å². The topological polar surface area (TPSA) is 38.3 Å². The van der Waals surface area contributed by atoms with E-state index >= 15 is 0 Å². The number of para-hydroxylation sites is 1. The molecular formula is C17H17NO2. The third kappa shape index (κ3) is 1.95. The van der Waals surface area contributed by atoms with E-state index in [1.54, 1.807) is 0 Å². The van der Waals surface area contributed by atoms with Crippen molar-refractivity contribution in [3.8, 4) is 0 Å². The van der Waals surface area contributed by atoms with Gasteiger partial charge in [-0.2, -0.15) is 0 Å². The molecule has 2 aromatic carbocycles. The second kappa shape index (κ2) is 5.00. The number of hydrogen-bond donors (Lipinski definition) is 1. The lowest BCUT2D eigenvalue weighted by Crippen LogP contribution is -2.43. The molecule has 2 aromatic rings. The molecule has 0 amide bonds. The van der Waals surface area contributed by atoms with Gasteiger partial charge >= 0.3 is 5.97 Å². The number of anilines is 1. The van der Waals surface area contributed by atoms with Gasteiger partial charge in [0.2, 0.25) is 0 Å². The highest BCUT2D eigenvalue weighted by molar-refractivity contribution is 5.89. The maximum Gasteiger partial charge on any atom is 0.336 e. The Morgan fingerprint density at radius 1 is 1.15 bits per heavy atom. The molecule has 0 fully saturated rings. The van der Waals surface area contributed by atoms with Crippen LogP contribution in [0, 0.1) is 0 Å². The molecule has 1 atom stereocenters. The zero-order chi connectivity index (χ0) is 14.0. The summed E-state index contributed by atoms with van der Waals surface area (Å²) in [5.74, 6) is -0.220. The monoisotopic (exact) mass is 267 g/mol. The lowest BCUT2D eigenvalue weighted by molar-refractivity contribution is -0.148. The first-order valence-electron chi connectivity index (χ1n) is 6.85. The van der Waals surface area contributed by atoms with Crippen LogP contribution in [0.1, 0.15) is 18.1 Å². The van der Waals surface area contributed by atoms with Crippen LogP contribution in [0.5, 0.6) is 0 Å². The van der Waals surface area contributed by atoms with E-state index in [1.807, 2.05) is 61.5 Å². The first-order valence-corrected chi connectivity index (χ1v) is 6.85. The molecule has 0 saturated carbocycles. The summed E-state index contributed by atoms with van der Waals surface area (Å²) >= 11 is 0. The third-order valence-corrected chi connectivity index (χ3v) is 3.71. The van der Waals surface area contributed by atoms with Crippen LogP contribution >= 0.6 is 0 Å². The first kappa shape index (κ1) is 12.7. The fraction of sp³-hybridized carbons (Fsp3) is 0.235. The number of ether oxygens (including phenoxy) is 1. The number of hydrogen-bond acceptors (Lipinski definition) is 3. The molecule has 0 saturated heterocycles. The van der Waals surface area contributed by atoms with Gasteiger partial charge in [0.15, 0.2) is 5.54 Å². The van der Waals surface area contributed by atoms with Gasteiger partial charge in [-0.3, -0.25) is 0 Å². The Morgan fingerprint density at radius 3 is 2.55 bits per heavy atom. The Balaban J connectivity index is 2.06. The van der Waals surface area contributed by atoms with E-state index in [1.165, 1.54) is 0 Å². The van der Waals surface area contributed by atoms with Gasteiger partial charge in [0.25, 0.3) is 0 Å². The average molecular weight is 267 g/mol. The van der Waals surface area contributed by atoms with Crippen molar-refractivity contribution in [1.82, 2.24) is 0 Å². The number of carbonyl (C=O) groups is 1. The van der Waals surface area contributed by atoms with Gasteiger partial charge in [-0.25, -0.2) is 4.79 Å². The Kier molecular flexibility index (Phi) is 3.18.